The predicted octanol–water partition coefficient (Wildman–Crippen LogP) is 6.95. The van der Waals surface area contributed by atoms with E-state index in [1.54, 1.807) is 22.3 Å². The van der Waals surface area contributed by atoms with Crippen LogP contribution < -0.4 is 0 Å². The molecule has 6 rings (SSSR count). The maximum Gasteiger partial charge on any atom is -0.0129 e. The van der Waals surface area contributed by atoms with Crippen LogP contribution in [0.15, 0.2) is 36.4 Å². The second-order valence-electron chi connectivity index (χ2n) is 10.2. The molecule has 0 atom stereocenters. The summed E-state index contributed by atoms with van der Waals surface area (Å²) in [5.74, 6) is 0. The molecule has 0 aromatic heterocycles. The minimum absolute atomic E-state index is 0.225. The van der Waals surface area contributed by atoms with Gasteiger partial charge in [-0.1, -0.05) is 77.9 Å². The number of aryl methyl sites for hydroxylation is 4. The number of hydrogen-bond donors (Lipinski definition) is 0. The van der Waals surface area contributed by atoms with Gasteiger partial charge in [-0.25, -0.2) is 0 Å². The lowest BCUT2D eigenvalue weighted by molar-refractivity contribution is 0.574. The third-order valence-electron chi connectivity index (χ3n) is 5.79. The Balaban J connectivity index is 1.96. The molecule has 0 aliphatic heterocycles. The Morgan fingerprint density at radius 1 is 0.538 bits per heavy atom. The van der Waals surface area contributed by atoms with Crippen molar-refractivity contribution < 1.29 is 0 Å². The lowest BCUT2D eigenvalue weighted by Gasteiger charge is -2.26. The van der Waals surface area contributed by atoms with Gasteiger partial charge >= 0.3 is 0 Å². The molecule has 4 aliphatic carbocycles. The van der Waals surface area contributed by atoms with E-state index >= 15 is 0 Å². The average Bonchev–Trinajstić information content (AvgIpc) is 2.55. The Morgan fingerprint density at radius 2 is 0.923 bits per heavy atom. The van der Waals surface area contributed by atoms with Crippen molar-refractivity contribution in [3.63, 3.8) is 0 Å². The zero-order chi connectivity index (χ0) is 18.9. The van der Waals surface area contributed by atoms with Crippen molar-refractivity contribution in [3.8, 4) is 0 Å². The van der Waals surface area contributed by atoms with E-state index in [1.807, 2.05) is 0 Å². The van der Waals surface area contributed by atoms with Crippen LogP contribution in [-0.4, -0.2) is 0 Å². The third-order valence-corrected chi connectivity index (χ3v) is 5.79. The van der Waals surface area contributed by atoms with Gasteiger partial charge in [-0.2, -0.15) is 0 Å². The van der Waals surface area contributed by atoms with Crippen molar-refractivity contribution in [2.45, 2.75) is 90.9 Å². The summed E-state index contributed by atoms with van der Waals surface area (Å²) >= 11 is 0. The molecule has 4 bridgehead atoms. The highest BCUT2D eigenvalue weighted by atomic mass is 14.3. The van der Waals surface area contributed by atoms with Crippen molar-refractivity contribution in [2.24, 2.45) is 0 Å². The van der Waals surface area contributed by atoms with Crippen LogP contribution in [0, 0.1) is 0 Å². The molecule has 0 spiro atoms. The van der Waals surface area contributed by atoms with Gasteiger partial charge in [0.1, 0.15) is 0 Å². The molecule has 0 heteroatoms. The van der Waals surface area contributed by atoms with E-state index in [2.05, 4.69) is 77.9 Å². The summed E-state index contributed by atoms with van der Waals surface area (Å²) in [6.45, 7) is 14.1. The molecule has 0 unspecified atom stereocenters. The Hall–Kier alpha value is -1.56. The molecular weight excluding hydrogens is 312 g/mol. The zero-order valence-corrected chi connectivity index (χ0v) is 17.7. The second kappa shape index (κ2) is 7.22. The molecular formula is C26H36. The second-order valence-corrected chi connectivity index (χ2v) is 10.2. The lowest BCUT2D eigenvalue weighted by Crippen LogP contribution is -2.16. The smallest absolute Gasteiger partial charge is 0.0129 e. The summed E-state index contributed by atoms with van der Waals surface area (Å²) in [6, 6.07) is 14.6. The van der Waals surface area contributed by atoms with E-state index in [0.29, 0.717) is 0 Å². The highest BCUT2D eigenvalue weighted by Gasteiger charge is 2.20. The largest absolute Gasteiger partial charge is 0.0588 e. The van der Waals surface area contributed by atoms with Gasteiger partial charge in [0, 0.05) is 0 Å². The Bertz CT molecular complexity index is 698. The van der Waals surface area contributed by atoms with E-state index in [0.717, 1.165) is 0 Å². The summed E-state index contributed by atoms with van der Waals surface area (Å²) in [5.41, 5.74) is 9.66. The van der Waals surface area contributed by atoms with Gasteiger partial charge < -0.3 is 0 Å². The van der Waals surface area contributed by atoms with E-state index in [9.17, 15) is 0 Å². The molecule has 0 heterocycles. The first-order valence-electron chi connectivity index (χ1n) is 10.4. The average molecular weight is 349 g/mol. The van der Waals surface area contributed by atoms with E-state index in [-0.39, 0.29) is 10.8 Å². The van der Waals surface area contributed by atoms with Crippen LogP contribution in [0.3, 0.4) is 0 Å². The van der Waals surface area contributed by atoms with Gasteiger partial charge in [0.25, 0.3) is 0 Å². The number of benzene rings is 2. The Labute approximate surface area is 161 Å². The molecule has 0 saturated carbocycles. The van der Waals surface area contributed by atoms with Crippen LogP contribution in [0.1, 0.15) is 87.8 Å². The fourth-order valence-corrected chi connectivity index (χ4v) is 4.36. The molecule has 4 aliphatic rings. The van der Waals surface area contributed by atoms with Crippen LogP contribution in [0.2, 0.25) is 0 Å². The molecule has 0 fully saturated rings. The first kappa shape index (κ1) is 19.2. The minimum Gasteiger partial charge on any atom is -0.0588 e. The zero-order valence-electron chi connectivity index (χ0n) is 17.7. The summed E-state index contributed by atoms with van der Waals surface area (Å²) in [5, 5.41) is 0. The van der Waals surface area contributed by atoms with E-state index in [1.165, 1.54) is 49.7 Å². The summed E-state index contributed by atoms with van der Waals surface area (Å²) in [6.07, 6.45) is 7.17. The standard InChI is InChI=1S/C26H36/c1-25(2,3)23-17-19-9-8-12-22-16-14-20(18-24(22)26(4,5)6)10-7-11-21(23)15-13-19/h13-18H,7-12H2,1-6H3. The molecule has 0 saturated heterocycles. The van der Waals surface area contributed by atoms with Crippen LogP contribution in [0.4, 0.5) is 0 Å². The monoisotopic (exact) mass is 348 g/mol. The molecule has 26 heavy (non-hydrogen) atoms. The van der Waals surface area contributed by atoms with Gasteiger partial charge in [-0.05, 0) is 82.7 Å². The Morgan fingerprint density at radius 3 is 1.27 bits per heavy atom. The highest BCUT2D eigenvalue weighted by molar-refractivity contribution is 5.39. The minimum atomic E-state index is 0.225. The SMILES string of the molecule is CC(C)(C)c1cc2ccc1CCCc1ccc(c(C(C)(C)C)c1)CCC2. The van der Waals surface area contributed by atoms with Gasteiger partial charge in [0.05, 0.1) is 0 Å². The number of rotatable bonds is 0. The third kappa shape index (κ3) is 4.40. The molecule has 0 N–H and O–H groups in total. The summed E-state index contributed by atoms with van der Waals surface area (Å²) < 4.78 is 0. The van der Waals surface area contributed by atoms with Crippen molar-refractivity contribution in [1.29, 1.82) is 0 Å². The van der Waals surface area contributed by atoms with Gasteiger partial charge in [-0.3, -0.25) is 0 Å². The molecule has 2 aromatic carbocycles. The van der Waals surface area contributed by atoms with Crippen LogP contribution >= 0.6 is 0 Å². The lowest BCUT2D eigenvalue weighted by atomic mass is 9.79. The fourth-order valence-electron chi connectivity index (χ4n) is 4.36. The fraction of sp³-hybridized carbons (Fsp3) is 0.538. The van der Waals surface area contributed by atoms with E-state index < -0.39 is 0 Å². The van der Waals surface area contributed by atoms with Crippen LogP contribution in [-0.2, 0) is 36.5 Å². The molecule has 0 radical (unpaired) electrons. The first-order valence-corrected chi connectivity index (χ1v) is 10.4. The molecule has 0 amide bonds. The maximum absolute atomic E-state index is 2.49. The molecule has 140 valence electrons. The predicted molar refractivity (Wildman–Crippen MR) is 114 cm³/mol. The van der Waals surface area contributed by atoms with Crippen molar-refractivity contribution in [1.82, 2.24) is 0 Å². The Kier molecular flexibility index (Phi) is 5.33. The van der Waals surface area contributed by atoms with Crippen molar-refractivity contribution in [2.75, 3.05) is 0 Å². The van der Waals surface area contributed by atoms with Gasteiger partial charge in [0.2, 0.25) is 0 Å². The van der Waals surface area contributed by atoms with Crippen molar-refractivity contribution >= 4 is 0 Å². The van der Waals surface area contributed by atoms with Crippen molar-refractivity contribution in [3.05, 3.63) is 69.8 Å². The molecule has 0 nitrogen and oxygen atoms in total. The number of hydrogen-bond acceptors (Lipinski definition) is 0. The topological polar surface area (TPSA) is 0 Å². The van der Waals surface area contributed by atoms with Gasteiger partial charge in [0.15, 0.2) is 0 Å². The molecule has 2 aromatic rings. The first-order chi connectivity index (χ1) is 12.1. The maximum atomic E-state index is 2.49. The van der Waals surface area contributed by atoms with Crippen LogP contribution in [0.25, 0.3) is 0 Å². The van der Waals surface area contributed by atoms with Crippen LogP contribution in [0.5, 0.6) is 0 Å². The summed E-state index contributed by atoms with van der Waals surface area (Å²) in [7, 11) is 0. The van der Waals surface area contributed by atoms with E-state index in [4.69, 9.17) is 0 Å². The quantitative estimate of drug-likeness (QED) is 0.483. The highest BCUT2D eigenvalue weighted by Crippen LogP contribution is 2.31. The van der Waals surface area contributed by atoms with Gasteiger partial charge in [-0.15, -0.1) is 0 Å². The summed E-state index contributed by atoms with van der Waals surface area (Å²) in [4.78, 5) is 0. The normalized spacial score (nSPS) is 15.9.